The predicted molar refractivity (Wildman–Crippen MR) is 174 cm³/mol. The van der Waals surface area contributed by atoms with Crippen LogP contribution in [-0.2, 0) is 20.4 Å². The third-order valence-electron chi connectivity index (χ3n) is 14.4. The number of benzene rings is 2. The molecule has 11 rings (SSSR count). The van der Waals surface area contributed by atoms with Crippen molar-refractivity contribution in [1.29, 1.82) is 0 Å². The van der Waals surface area contributed by atoms with E-state index in [9.17, 15) is 19.2 Å². The molecule has 2 unspecified atom stereocenters. The lowest BCUT2D eigenvalue weighted by Gasteiger charge is -2.91. The maximum absolute atomic E-state index is 12.8. The van der Waals surface area contributed by atoms with Crippen LogP contribution in [0.25, 0.3) is 0 Å². The van der Waals surface area contributed by atoms with Crippen LogP contribution in [0.1, 0.15) is 142 Å². The zero-order valence-corrected chi connectivity index (χ0v) is 27.2. The molecule has 8 bridgehead atoms. The second kappa shape index (κ2) is 10.3. The summed E-state index contributed by atoms with van der Waals surface area (Å²) in [5, 5.41) is 0. The monoisotopic (exact) mass is 604 g/mol. The maximum atomic E-state index is 12.8. The molecule has 9 aliphatic rings. The Balaban J connectivity index is 0.998. The molecule has 4 nitrogen and oxygen atoms in total. The highest BCUT2D eigenvalue weighted by molar-refractivity contribution is 6.44. The quantitative estimate of drug-likeness (QED) is 0.123. The second-order valence-corrected chi connectivity index (χ2v) is 16.4. The van der Waals surface area contributed by atoms with Gasteiger partial charge in [-0.25, -0.2) is 0 Å². The molecule has 0 N–H and O–H groups in total. The number of Topliss-reactive ketones (excluding diaryl/α,β-unsaturated/α-hetero) is 4. The molecule has 4 heteroatoms. The van der Waals surface area contributed by atoms with Gasteiger partial charge < -0.3 is 0 Å². The smallest absolute Gasteiger partial charge is 0.228 e. The van der Waals surface area contributed by atoms with Gasteiger partial charge in [0.1, 0.15) is 0 Å². The van der Waals surface area contributed by atoms with E-state index >= 15 is 0 Å². The van der Waals surface area contributed by atoms with Crippen molar-refractivity contribution in [2.45, 2.75) is 121 Å². The Hall–Kier alpha value is -2.88. The third kappa shape index (κ3) is 4.02. The van der Waals surface area contributed by atoms with Crippen LogP contribution >= 0.6 is 0 Å². The fraction of sp³-hybridized carbons (Fsp3) is 0.610. The predicted octanol–water partition coefficient (Wildman–Crippen LogP) is 8.78. The molecule has 2 spiro atoms. The van der Waals surface area contributed by atoms with Gasteiger partial charge in [0.25, 0.3) is 0 Å². The molecule has 0 amide bonds. The van der Waals surface area contributed by atoms with Crippen molar-refractivity contribution < 1.29 is 19.2 Å². The molecule has 2 aromatic carbocycles. The van der Waals surface area contributed by atoms with E-state index in [0.717, 1.165) is 62.2 Å². The van der Waals surface area contributed by atoms with Crippen LogP contribution in [0.15, 0.2) is 48.5 Å². The van der Waals surface area contributed by atoms with E-state index in [0.29, 0.717) is 34.8 Å². The topological polar surface area (TPSA) is 68.3 Å². The lowest BCUT2D eigenvalue weighted by molar-refractivity contribution is -0.398. The van der Waals surface area contributed by atoms with Gasteiger partial charge in [-0.15, -0.1) is 0 Å². The van der Waals surface area contributed by atoms with Gasteiger partial charge in [0.15, 0.2) is 0 Å². The number of unbranched alkanes of at least 4 members (excludes halogenated alkanes) is 4. The minimum absolute atomic E-state index is 0.222. The first-order valence-corrected chi connectivity index (χ1v) is 18.1. The van der Waals surface area contributed by atoms with E-state index in [-0.39, 0.29) is 34.0 Å². The fourth-order valence-corrected chi connectivity index (χ4v) is 12.9. The summed E-state index contributed by atoms with van der Waals surface area (Å²) in [5.74, 6) is 2.02. The molecule has 0 aliphatic heterocycles. The fourth-order valence-electron chi connectivity index (χ4n) is 12.9. The molecule has 9 saturated carbocycles. The van der Waals surface area contributed by atoms with Crippen LogP contribution in [0.4, 0.5) is 0 Å². The molecule has 4 atom stereocenters. The highest BCUT2D eigenvalue weighted by Crippen LogP contribution is 2.93. The van der Waals surface area contributed by atoms with Crippen molar-refractivity contribution in [1.82, 2.24) is 0 Å². The molecule has 9 fully saturated rings. The van der Waals surface area contributed by atoms with Crippen molar-refractivity contribution in [3.05, 3.63) is 70.8 Å². The average molecular weight is 605 g/mol. The molecular formula is C41H48O4. The summed E-state index contributed by atoms with van der Waals surface area (Å²) < 4.78 is 0. The lowest BCUT2D eigenvalue weighted by Crippen LogP contribution is -2.85. The Kier molecular flexibility index (Phi) is 6.76. The van der Waals surface area contributed by atoms with Crippen molar-refractivity contribution >= 4 is 23.1 Å². The highest BCUT2D eigenvalue weighted by atomic mass is 16.2. The molecular weight excluding hydrogens is 556 g/mol. The largest absolute Gasteiger partial charge is 0.290 e. The highest BCUT2D eigenvalue weighted by Gasteiger charge is 2.86. The molecule has 0 heterocycles. The summed E-state index contributed by atoms with van der Waals surface area (Å²) in [7, 11) is 0. The minimum atomic E-state index is -0.321. The van der Waals surface area contributed by atoms with Gasteiger partial charge >= 0.3 is 0 Å². The van der Waals surface area contributed by atoms with E-state index in [1.807, 2.05) is 24.3 Å². The summed E-state index contributed by atoms with van der Waals surface area (Å²) in [6, 6.07) is 16.5. The van der Waals surface area contributed by atoms with Crippen molar-refractivity contribution in [2.24, 2.45) is 34.5 Å². The molecule has 45 heavy (non-hydrogen) atoms. The van der Waals surface area contributed by atoms with Gasteiger partial charge in [0.05, 0.1) is 0 Å². The first kappa shape index (κ1) is 29.5. The second-order valence-electron chi connectivity index (χ2n) is 16.4. The van der Waals surface area contributed by atoms with Crippen molar-refractivity contribution in [3.63, 3.8) is 0 Å². The summed E-state index contributed by atoms with van der Waals surface area (Å²) in [5.41, 5.74) is 5.29. The zero-order valence-electron chi connectivity index (χ0n) is 27.2. The number of rotatable bonds is 14. The summed E-state index contributed by atoms with van der Waals surface area (Å²) in [6.45, 7) is 4.22. The number of hydrogen-bond donors (Lipinski definition) is 0. The third-order valence-corrected chi connectivity index (χ3v) is 14.4. The normalized spacial score (nSPS) is 37.5. The SMILES string of the molecule is CCCCCC(=O)C(=O)c1ccc(C23CC4C56CC7(c8ccc(C(=O)C(=O)CCCCC)cc8)CC([C@H]5C2)[C@@H](C3)C4(C7)C6)cc1. The minimum Gasteiger partial charge on any atom is -0.290 e. The standard InChI is InChI=1S/C41H48O4/c1-3-5-7-9-33(42)36(44)26-11-15-28(16-12-26)38-20-31-30-19-39(23-40(31)25-41(24-39,32(30)21-38)35(40)22-38)29-17-13-27(14-18-29)37(45)34(43)10-8-6-4-2/h11-18,30-32,35H,3-10,19-25H2,1-2H3/t30?,31-,32-,35?,38?,39?,40?,41?/m1/s1. The van der Waals surface area contributed by atoms with E-state index in [1.54, 1.807) is 0 Å². The summed E-state index contributed by atoms with van der Waals surface area (Å²) in [4.78, 5) is 50.6. The van der Waals surface area contributed by atoms with Gasteiger partial charge in [0, 0.05) is 24.0 Å². The zero-order chi connectivity index (χ0) is 31.2. The van der Waals surface area contributed by atoms with Crippen molar-refractivity contribution in [3.8, 4) is 0 Å². The number of hydrogen-bond acceptors (Lipinski definition) is 4. The number of carbonyl (C=O) groups excluding carboxylic acids is 4. The Labute approximate surface area is 268 Å². The van der Waals surface area contributed by atoms with E-state index < -0.39 is 0 Å². The summed E-state index contributed by atoms with van der Waals surface area (Å²) >= 11 is 0. The van der Waals surface area contributed by atoms with E-state index in [2.05, 4.69) is 38.1 Å². The molecule has 9 aliphatic carbocycles. The Bertz CT molecular complexity index is 1520. The van der Waals surface area contributed by atoms with Crippen LogP contribution < -0.4 is 0 Å². The average Bonchev–Trinajstić information content (AvgIpc) is 3.06. The summed E-state index contributed by atoms with van der Waals surface area (Å²) in [6.07, 6.45) is 15.5. The van der Waals surface area contributed by atoms with Gasteiger partial charge in [-0.05, 0) is 114 Å². The van der Waals surface area contributed by atoms with Gasteiger partial charge in [-0.1, -0.05) is 88.1 Å². The Morgan fingerprint density at radius 2 is 1.04 bits per heavy atom. The van der Waals surface area contributed by atoms with Crippen LogP contribution in [0.3, 0.4) is 0 Å². The van der Waals surface area contributed by atoms with Crippen LogP contribution in [0.2, 0.25) is 0 Å². The van der Waals surface area contributed by atoms with Crippen LogP contribution in [-0.4, -0.2) is 23.1 Å². The van der Waals surface area contributed by atoms with Crippen molar-refractivity contribution in [2.75, 3.05) is 0 Å². The van der Waals surface area contributed by atoms with E-state index in [4.69, 9.17) is 0 Å². The van der Waals surface area contributed by atoms with Gasteiger partial charge in [-0.2, -0.15) is 0 Å². The molecule has 0 aromatic heterocycles. The first-order chi connectivity index (χ1) is 21.7. The molecule has 2 aromatic rings. The number of ketones is 4. The van der Waals surface area contributed by atoms with Crippen LogP contribution in [0.5, 0.6) is 0 Å². The van der Waals surface area contributed by atoms with Crippen LogP contribution in [0, 0.1) is 34.5 Å². The van der Waals surface area contributed by atoms with Gasteiger partial charge in [-0.3, -0.25) is 19.2 Å². The maximum Gasteiger partial charge on any atom is 0.228 e. The Morgan fingerprint density at radius 3 is 1.51 bits per heavy atom. The lowest BCUT2D eigenvalue weighted by atomic mass is 9.13. The van der Waals surface area contributed by atoms with Gasteiger partial charge in [0.2, 0.25) is 23.1 Å². The molecule has 0 saturated heterocycles. The molecule has 0 radical (unpaired) electrons. The number of carbonyl (C=O) groups is 4. The Morgan fingerprint density at radius 1 is 0.578 bits per heavy atom. The molecule has 236 valence electrons. The first-order valence-electron chi connectivity index (χ1n) is 18.1. The van der Waals surface area contributed by atoms with E-state index in [1.165, 1.54) is 56.1 Å².